The van der Waals surface area contributed by atoms with Crippen LogP contribution in [-0.2, 0) is 20.8 Å². The first-order valence-corrected chi connectivity index (χ1v) is 8.83. The van der Waals surface area contributed by atoms with Gasteiger partial charge in [-0.15, -0.1) is 0 Å². The minimum Gasteiger partial charge on any atom is -0.479 e. The highest BCUT2D eigenvalue weighted by atomic mass is 35.5. The van der Waals surface area contributed by atoms with Crippen LogP contribution in [0, 0.1) is 6.92 Å². The van der Waals surface area contributed by atoms with E-state index in [0.717, 1.165) is 11.1 Å². The molecule has 0 fully saturated rings. The van der Waals surface area contributed by atoms with E-state index in [0.29, 0.717) is 17.0 Å². The Morgan fingerprint density at radius 2 is 1.63 bits per heavy atom. The molecular weight excluding hydrogens is 368 g/mol. The number of aryl methyl sites for hydroxylation is 2. The molecule has 2 aromatic carbocycles. The van der Waals surface area contributed by atoms with Gasteiger partial charge in [-0.25, -0.2) is 4.79 Å². The van der Waals surface area contributed by atoms with Crippen molar-refractivity contribution in [2.45, 2.75) is 25.8 Å². The van der Waals surface area contributed by atoms with Gasteiger partial charge in [0.05, 0.1) is 6.54 Å². The first-order chi connectivity index (χ1) is 12.8. The molecule has 0 aromatic heterocycles. The summed E-state index contributed by atoms with van der Waals surface area (Å²) in [6.07, 6.45) is 0.812. The second-order valence-electron chi connectivity index (χ2n) is 6.15. The van der Waals surface area contributed by atoms with Crippen LogP contribution in [0.2, 0.25) is 5.02 Å². The van der Waals surface area contributed by atoms with Gasteiger partial charge < -0.3 is 15.7 Å². The number of benzene rings is 2. The second-order valence-corrected chi connectivity index (χ2v) is 6.59. The van der Waals surface area contributed by atoms with Gasteiger partial charge in [0.1, 0.15) is 0 Å². The van der Waals surface area contributed by atoms with Crippen molar-refractivity contribution in [3.8, 4) is 0 Å². The van der Waals surface area contributed by atoms with Gasteiger partial charge in [-0.3, -0.25) is 9.59 Å². The molecule has 0 aliphatic heterocycles. The average Bonchev–Trinajstić information content (AvgIpc) is 2.64. The first-order valence-electron chi connectivity index (χ1n) is 8.45. The van der Waals surface area contributed by atoms with Crippen molar-refractivity contribution in [2.24, 2.45) is 0 Å². The van der Waals surface area contributed by atoms with Crippen LogP contribution in [0.15, 0.2) is 48.5 Å². The lowest BCUT2D eigenvalue weighted by atomic mass is 10.1. The van der Waals surface area contributed by atoms with Crippen molar-refractivity contribution in [3.63, 3.8) is 0 Å². The van der Waals surface area contributed by atoms with E-state index in [1.807, 2.05) is 31.2 Å². The van der Waals surface area contributed by atoms with Gasteiger partial charge in [0, 0.05) is 11.4 Å². The Kier molecular flexibility index (Phi) is 7.37. The van der Waals surface area contributed by atoms with Crippen LogP contribution < -0.4 is 10.6 Å². The topological polar surface area (TPSA) is 95.5 Å². The number of carboxylic acid groups (broad SMARTS) is 1. The Balaban J connectivity index is 1.81. The Hall–Kier alpha value is -2.86. The Labute approximate surface area is 162 Å². The van der Waals surface area contributed by atoms with Crippen molar-refractivity contribution in [2.75, 3.05) is 6.54 Å². The molecule has 0 spiro atoms. The highest BCUT2D eigenvalue weighted by molar-refractivity contribution is 6.30. The highest BCUT2D eigenvalue weighted by Crippen LogP contribution is 2.16. The van der Waals surface area contributed by atoms with Crippen LogP contribution in [0.5, 0.6) is 0 Å². The summed E-state index contributed by atoms with van der Waals surface area (Å²) in [7, 11) is 0. The van der Waals surface area contributed by atoms with E-state index >= 15 is 0 Å². The predicted molar refractivity (Wildman–Crippen MR) is 102 cm³/mol. The van der Waals surface area contributed by atoms with E-state index in [-0.39, 0.29) is 18.9 Å². The van der Waals surface area contributed by atoms with Crippen molar-refractivity contribution in [3.05, 3.63) is 70.2 Å². The van der Waals surface area contributed by atoms with E-state index in [1.54, 1.807) is 12.1 Å². The zero-order valence-electron chi connectivity index (χ0n) is 14.9. The normalized spacial score (nSPS) is 11.5. The van der Waals surface area contributed by atoms with Gasteiger partial charge >= 0.3 is 5.97 Å². The number of hydrogen-bond donors (Lipinski definition) is 3. The van der Waals surface area contributed by atoms with Crippen molar-refractivity contribution in [1.82, 2.24) is 10.6 Å². The average molecular weight is 389 g/mol. The zero-order valence-corrected chi connectivity index (χ0v) is 15.6. The number of aliphatic carboxylic acids is 1. The predicted octanol–water partition coefficient (Wildman–Crippen LogP) is 2.64. The van der Waals surface area contributed by atoms with Crippen LogP contribution in [-0.4, -0.2) is 29.4 Å². The molecule has 0 aliphatic rings. The fourth-order valence-electron chi connectivity index (χ4n) is 2.43. The quantitative estimate of drug-likeness (QED) is 0.647. The molecule has 0 saturated heterocycles. The van der Waals surface area contributed by atoms with E-state index < -0.39 is 17.9 Å². The molecule has 0 heterocycles. The summed E-state index contributed by atoms with van der Waals surface area (Å²) in [6, 6.07) is 12.8. The largest absolute Gasteiger partial charge is 0.479 e. The number of carbonyl (C=O) groups excluding carboxylic acids is 2. The third-order valence-corrected chi connectivity index (χ3v) is 4.22. The third-order valence-electron chi connectivity index (χ3n) is 3.96. The Morgan fingerprint density at radius 3 is 2.22 bits per heavy atom. The van der Waals surface area contributed by atoms with Crippen molar-refractivity contribution in [1.29, 1.82) is 0 Å². The molecular formula is C20H21ClN2O4. The molecule has 0 radical (unpaired) electrons. The number of carboxylic acids is 1. The molecule has 0 bridgehead atoms. The monoisotopic (exact) mass is 388 g/mol. The molecule has 1 unspecified atom stereocenters. The number of nitrogens with one attached hydrogen (secondary N) is 2. The minimum absolute atomic E-state index is 0.246. The molecule has 2 amide bonds. The lowest BCUT2D eigenvalue weighted by Crippen LogP contribution is -2.41. The minimum atomic E-state index is -1.21. The van der Waals surface area contributed by atoms with E-state index in [2.05, 4.69) is 10.6 Å². The summed E-state index contributed by atoms with van der Waals surface area (Å²) in [4.78, 5) is 35.3. The third kappa shape index (κ3) is 6.75. The molecule has 0 saturated carbocycles. The van der Waals surface area contributed by atoms with Gasteiger partial charge in [0.2, 0.25) is 11.8 Å². The second kappa shape index (κ2) is 9.73. The molecule has 27 heavy (non-hydrogen) atoms. The lowest BCUT2D eigenvalue weighted by Gasteiger charge is -2.15. The van der Waals surface area contributed by atoms with Crippen LogP contribution in [0.25, 0.3) is 0 Å². The van der Waals surface area contributed by atoms with Crippen molar-refractivity contribution >= 4 is 29.4 Å². The number of hydrogen-bond acceptors (Lipinski definition) is 3. The molecule has 7 heteroatoms. The summed E-state index contributed by atoms with van der Waals surface area (Å²) >= 11 is 5.79. The molecule has 2 rings (SSSR count). The standard InChI is InChI=1S/C20H21ClN2O4/c1-13-2-4-14(5-3-13)6-11-17(24)22-12-18(25)23-19(20(26)27)15-7-9-16(21)10-8-15/h2-5,7-10,19H,6,11-12H2,1H3,(H,22,24)(H,23,25)(H,26,27). The smallest absolute Gasteiger partial charge is 0.330 e. The van der Waals surface area contributed by atoms with Crippen LogP contribution in [0.1, 0.15) is 29.2 Å². The summed E-state index contributed by atoms with van der Waals surface area (Å²) in [6.45, 7) is 1.70. The number of amides is 2. The van der Waals surface area contributed by atoms with Gasteiger partial charge in [0.25, 0.3) is 0 Å². The molecule has 0 aliphatic carbocycles. The summed E-state index contributed by atoms with van der Waals surface area (Å²) in [5.74, 6) is -2.05. The Bertz CT molecular complexity index is 804. The zero-order chi connectivity index (χ0) is 19.8. The maximum absolute atomic E-state index is 12.0. The van der Waals surface area contributed by atoms with E-state index in [1.165, 1.54) is 12.1 Å². The van der Waals surface area contributed by atoms with Crippen LogP contribution in [0.4, 0.5) is 0 Å². The summed E-state index contributed by atoms with van der Waals surface area (Å²) in [5.41, 5.74) is 2.58. The number of halogens is 1. The maximum Gasteiger partial charge on any atom is 0.330 e. The van der Waals surface area contributed by atoms with E-state index in [9.17, 15) is 19.5 Å². The van der Waals surface area contributed by atoms with Gasteiger partial charge in [-0.2, -0.15) is 0 Å². The fraction of sp³-hybridized carbons (Fsp3) is 0.250. The van der Waals surface area contributed by atoms with E-state index in [4.69, 9.17) is 11.6 Å². The molecule has 1 atom stereocenters. The molecule has 142 valence electrons. The van der Waals surface area contributed by atoms with Gasteiger partial charge in [-0.1, -0.05) is 53.6 Å². The lowest BCUT2D eigenvalue weighted by molar-refractivity contribution is -0.141. The SMILES string of the molecule is Cc1ccc(CCC(=O)NCC(=O)NC(C(=O)O)c2ccc(Cl)cc2)cc1. The maximum atomic E-state index is 12.0. The van der Waals surface area contributed by atoms with Crippen LogP contribution in [0.3, 0.4) is 0 Å². The number of carbonyl (C=O) groups is 3. The fourth-order valence-corrected chi connectivity index (χ4v) is 2.56. The Morgan fingerprint density at radius 1 is 1.00 bits per heavy atom. The number of rotatable bonds is 8. The molecule has 3 N–H and O–H groups in total. The highest BCUT2D eigenvalue weighted by Gasteiger charge is 2.22. The van der Waals surface area contributed by atoms with Gasteiger partial charge in [0.15, 0.2) is 6.04 Å². The summed E-state index contributed by atoms with van der Waals surface area (Å²) < 4.78 is 0. The molecule has 2 aromatic rings. The van der Waals surface area contributed by atoms with Crippen molar-refractivity contribution < 1.29 is 19.5 Å². The van der Waals surface area contributed by atoms with Gasteiger partial charge in [-0.05, 0) is 36.6 Å². The van der Waals surface area contributed by atoms with Crippen LogP contribution >= 0.6 is 11.6 Å². The molecule has 6 nitrogen and oxygen atoms in total. The summed E-state index contributed by atoms with van der Waals surface area (Å²) in [5, 5.41) is 14.7. The first kappa shape index (κ1) is 20.5.